The molecule has 6 nitrogen and oxygen atoms in total. The second-order valence-electron chi connectivity index (χ2n) is 9.06. The van der Waals surface area contributed by atoms with Crippen LogP contribution in [0.3, 0.4) is 0 Å². The number of ether oxygens (including phenoxy) is 1. The number of Topliss-reactive ketones (excluding diaryl/α,β-unsaturated/α-hetero) is 1. The van der Waals surface area contributed by atoms with Crippen LogP contribution in [0.2, 0.25) is 0 Å². The summed E-state index contributed by atoms with van der Waals surface area (Å²) < 4.78 is 7.62. The molecule has 1 atom stereocenters. The molecule has 4 rings (SSSR count). The van der Waals surface area contributed by atoms with Crippen LogP contribution < -0.4 is 11.1 Å². The van der Waals surface area contributed by atoms with Gasteiger partial charge in [0, 0.05) is 44.1 Å². The Bertz CT molecular complexity index is 968. The van der Waals surface area contributed by atoms with E-state index in [1.54, 1.807) is 6.07 Å². The molecule has 0 spiro atoms. The van der Waals surface area contributed by atoms with Crippen molar-refractivity contribution in [3.63, 3.8) is 0 Å². The lowest BCUT2D eigenvalue weighted by molar-refractivity contribution is 0.0902. The van der Waals surface area contributed by atoms with Crippen LogP contribution in [0.1, 0.15) is 59.5 Å². The Hall–Kier alpha value is -2.60. The maximum absolute atomic E-state index is 12.7. The summed E-state index contributed by atoms with van der Waals surface area (Å²) >= 11 is 0. The number of primary amides is 1. The molecule has 1 amide bonds. The molecule has 2 aliphatic rings. The van der Waals surface area contributed by atoms with Crippen molar-refractivity contribution in [1.82, 2.24) is 4.57 Å². The summed E-state index contributed by atoms with van der Waals surface area (Å²) in [5.74, 6) is -0.270. The third-order valence-corrected chi connectivity index (χ3v) is 5.99. The number of nitrogens with zero attached hydrogens (tertiary/aromatic N) is 1. The van der Waals surface area contributed by atoms with E-state index in [0.29, 0.717) is 24.2 Å². The standard InChI is InChI=1S/C23H29N3O3/c1-23(2)10-17-18(13-26(3)21(17)20(27)11-23)14-6-7-16(22(24)28)19(9-14)25-12-15-5-4-8-29-15/h6-7,9,13,15,25H,4-5,8,10-12H2,1-3H3,(H2,24,28). The van der Waals surface area contributed by atoms with E-state index in [9.17, 15) is 9.59 Å². The highest BCUT2D eigenvalue weighted by Gasteiger charge is 2.35. The van der Waals surface area contributed by atoms with Crippen LogP contribution in [0.5, 0.6) is 0 Å². The molecule has 1 aliphatic carbocycles. The minimum Gasteiger partial charge on any atom is -0.382 e. The number of benzene rings is 1. The fourth-order valence-corrected chi connectivity index (χ4v) is 4.63. The molecule has 154 valence electrons. The Morgan fingerprint density at radius 1 is 1.34 bits per heavy atom. The molecule has 0 radical (unpaired) electrons. The van der Waals surface area contributed by atoms with Gasteiger partial charge in [0.05, 0.1) is 17.4 Å². The predicted octanol–water partition coefficient (Wildman–Crippen LogP) is 3.54. The van der Waals surface area contributed by atoms with Crippen molar-refractivity contribution >= 4 is 17.4 Å². The van der Waals surface area contributed by atoms with Crippen molar-refractivity contribution in [3.05, 3.63) is 41.2 Å². The number of aromatic nitrogens is 1. The number of ketones is 1. The van der Waals surface area contributed by atoms with E-state index in [-0.39, 0.29) is 17.3 Å². The first-order valence-electron chi connectivity index (χ1n) is 10.3. The minimum atomic E-state index is -0.460. The van der Waals surface area contributed by atoms with Crippen LogP contribution in [0, 0.1) is 5.41 Å². The lowest BCUT2D eigenvalue weighted by Gasteiger charge is -2.29. The Morgan fingerprint density at radius 3 is 2.83 bits per heavy atom. The van der Waals surface area contributed by atoms with E-state index in [1.165, 1.54) is 0 Å². The van der Waals surface area contributed by atoms with Gasteiger partial charge >= 0.3 is 0 Å². The fraction of sp³-hybridized carbons (Fsp3) is 0.478. The number of carbonyl (C=O) groups excluding carboxylic acids is 2. The molecule has 1 unspecified atom stereocenters. The first-order chi connectivity index (χ1) is 13.7. The van der Waals surface area contributed by atoms with Crippen LogP contribution >= 0.6 is 0 Å². The average Bonchev–Trinajstić information content (AvgIpc) is 3.26. The predicted molar refractivity (Wildman–Crippen MR) is 113 cm³/mol. The first kappa shape index (κ1) is 19.7. The van der Waals surface area contributed by atoms with Gasteiger partial charge in [-0.25, -0.2) is 0 Å². The van der Waals surface area contributed by atoms with Crippen molar-refractivity contribution in [2.24, 2.45) is 18.2 Å². The molecular formula is C23H29N3O3. The third kappa shape index (κ3) is 3.81. The van der Waals surface area contributed by atoms with Gasteiger partial charge in [-0.15, -0.1) is 0 Å². The van der Waals surface area contributed by atoms with Gasteiger partial charge in [-0.2, -0.15) is 0 Å². The number of nitrogens with one attached hydrogen (secondary N) is 1. The Labute approximate surface area is 171 Å². The molecule has 0 saturated carbocycles. The zero-order chi connectivity index (χ0) is 20.8. The summed E-state index contributed by atoms with van der Waals surface area (Å²) in [7, 11) is 1.92. The highest BCUT2D eigenvalue weighted by atomic mass is 16.5. The van der Waals surface area contributed by atoms with Gasteiger partial charge in [-0.05, 0) is 47.9 Å². The molecule has 1 aliphatic heterocycles. The number of fused-ring (bicyclic) bond motifs is 1. The number of hydrogen-bond acceptors (Lipinski definition) is 4. The van der Waals surface area contributed by atoms with Crippen molar-refractivity contribution < 1.29 is 14.3 Å². The minimum absolute atomic E-state index is 0.0613. The van der Waals surface area contributed by atoms with Gasteiger partial charge in [0.2, 0.25) is 0 Å². The van der Waals surface area contributed by atoms with E-state index < -0.39 is 5.91 Å². The Kier molecular flexibility index (Phi) is 4.99. The molecule has 1 fully saturated rings. The molecule has 6 heteroatoms. The van der Waals surface area contributed by atoms with Crippen LogP contribution in [0.4, 0.5) is 5.69 Å². The van der Waals surface area contributed by atoms with Crippen molar-refractivity contribution in [1.29, 1.82) is 0 Å². The van der Waals surface area contributed by atoms with Gasteiger partial charge in [-0.1, -0.05) is 19.9 Å². The fourth-order valence-electron chi connectivity index (χ4n) is 4.63. The largest absolute Gasteiger partial charge is 0.382 e. The van der Waals surface area contributed by atoms with Gasteiger partial charge in [0.25, 0.3) is 5.91 Å². The summed E-state index contributed by atoms with van der Waals surface area (Å²) in [4.78, 5) is 24.7. The van der Waals surface area contributed by atoms with E-state index in [4.69, 9.17) is 10.5 Å². The summed E-state index contributed by atoms with van der Waals surface area (Å²) in [6, 6.07) is 5.65. The van der Waals surface area contributed by atoms with Crippen LogP contribution in [-0.4, -0.2) is 35.5 Å². The SMILES string of the molecule is Cn1cc(-c2ccc(C(N)=O)c(NCC3CCCO3)c2)c2c1C(=O)CC(C)(C)C2. The average molecular weight is 396 g/mol. The number of nitrogens with two attached hydrogens (primary N) is 1. The normalized spacial score (nSPS) is 20.5. The van der Waals surface area contributed by atoms with Crippen molar-refractivity contribution in [3.8, 4) is 11.1 Å². The maximum Gasteiger partial charge on any atom is 0.250 e. The van der Waals surface area contributed by atoms with E-state index in [2.05, 4.69) is 19.2 Å². The van der Waals surface area contributed by atoms with Crippen LogP contribution in [-0.2, 0) is 18.2 Å². The molecule has 2 aromatic rings. The number of carbonyl (C=O) groups is 2. The van der Waals surface area contributed by atoms with Crippen molar-refractivity contribution in [2.45, 2.75) is 45.6 Å². The van der Waals surface area contributed by atoms with Crippen LogP contribution in [0.15, 0.2) is 24.4 Å². The molecule has 1 saturated heterocycles. The highest BCUT2D eigenvalue weighted by molar-refractivity contribution is 6.01. The summed E-state index contributed by atoms with van der Waals surface area (Å²) in [5.41, 5.74) is 10.6. The highest BCUT2D eigenvalue weighted by Crippen LogP contribution is 2.41. The first-order valence-corrected chi connectivity index (χ1v) is 10.3. The molecule has 2 heterocycles. The Balaban J connectivity index is 1.72. The quantitative estimate of drug-likeness (QED) is 0.811. The Morgan fingerprint density at radius 2 is 2.14 bits per heavy atom. The number of hydrogen-bond donors (Lipinski definition) is 2. The molecule has 0 bridgehead atoms. The lowest BCUT2D eigenvalue weighted by atomic mass is 9.74. The molecule has 1 aromatic heterocycles. The zero-order valence-electron chi connectivity index (χ0n) is 17.4. The van der Waals surface area contributed by atoms with E-state index >= 15 is 0 Å². The molecule has 1 aromatic carbocycles. The molecular weight excluding hydrogens is 366 g/mol. The van der Waals surface area contributed by atoms with Crippen LogP contribution in [0.25, 0.3) is 11.1 Å². The zero-order valence-corrected chi connectivity index (χ0v) is 17.4. The number of amides is 1. The summed E-state index contributed by atoms with van der Waals surface area (Å²) in [5, 5.41) is 3.36. The second-order valence-corrected chi connectivity index (χ2v) is 9.06. The summed E-state index contributed by atoms with van der Waals surface area (Å²) in [6.45, 7) is 5.70. The number of anilines is 1. The lowest BCUT2D eigenvalue weighted by Crippen LogP contribution is -2.27. The van der Waals surface area contributed by atoms with Gasteiger partial charge < -0.3 is 20.4 Å². The van der Waals surface area contributed by atoms with Gasteiger partial charge in [0.1, 0.15) is 0 Å². The van der Waals surface area contributed by atoms with Crippen molar-refractivity contribution in [2.75, 3.05) is 18.5 Å². The van der Waals surface area contributed by atoms with Gasteiger partial charge in [-0.3, -0.25) is 9.59 Å². The summed E-state index contributed by atoms with van der Waals surface area (Å²) in [6.07, 6.45) is 5.67. The molecule has 3 N–H and O–H groups in total. The third-order valence-electron chi connectivity index (χ3n) is 5.99. The number of aryl methyl sites for hydroxylation is 1. The molecule has 29 heavy (non-hydrogen) atoms. The topological polar surface area (TPSA) is 86.3 Å². The number of rotatable bonds is 5. The van der Waals surface area contributed by atoms with E-state index in [1.807, 2.05) is 29.9 Å². The maximum atomic E-state index is 12.7. The second kappa shape index (κ2) is 7.34. The van der Waals surface area contributed by atoms with E-state index in [0.717, 1.165) is 48.3 Å². The smallest absolute Gasteiger partial charge is 0.250 e. The monoisotopic (exact) mass is 395 g/mol. The van der Waals surface area contributed by atoms with Gasteiger partial charge in [0.15, 0.2) is 5.78 Å².